The number of benzene rings is 1. The Morgan fingerprint density at radius 1 is 1.12 bits per heavy atom. The highest BCUT2D eigenvalue weighted by atomic mass is 35.5. The highest BCUT2D eigenvalue weighted by Gasteiger charge is 2.22. The van der Waals surface area contributed by atoms with Gasteiger partial charge in [-0.3, -0.25) is 23.5 Å². The van der Waals surface area contributed by atoms with Crippen molar-refractivity contribution < 1.29 is 14.2 Å². The van der Waals surface area contributed by atoms with E-state index in [1.807, 2.05) is 0 Å². The molecular formula is C21H19ClFN5O4. The molecule has 0 radical (unpaired) electrons. The molecule has 0 unspecified atom stereocenters. The Morgan fingerprint density at radius 3 is 2.53 bits per heavy atom. The molecule has 3 aromatic heterocycles. The number of nitrogens with zero attached hydrogens (tertiary/aromatic N) is 5. The Labute approximate surface area is 185 Å². The quantitative estimate of drug-likeness (QED) is 0.455. The smallest absolute Gasteiger partial charge is 0.332 e. The fourth-order valence-electron chi connectivity index (χ4n) is 3.27. The van der Waals surface area contributed by atoms with Crippen LogP contribution in [0.15, 0.2) is 52.2 Å². The standard InChI is InChI=1S/C21H19ClFN5O4/c1-26-18-17(19(30)27(21(26)31)9-2-10-29)28(12-15-6-3-13(22)11-24-15)20(25-18)32-16-7-4-14(23)5-8-16/h3-8,11,29H,2,9-10,12H2,1H3. The van der Waals surface area contributed by atoms with Gasteiger partial charge in [-0.1, -0.05) is 11.6 Å². The third-order valence-corrected chi connectivity index (χ3v) is 5.09. The van der Waals surface area contributed by atoms with E-state index in [1.165, 1.54) is 46.6 Å². The minimum atomic E-state index is -0.563. The van der Waals surface area contributed by atoms with Crippen LogP contribution in [0.5, 0.6) is 11.8 Å². The predicted octanol–water partition coefficient (Wildman–Crippen LogP) is 2.31. The average Bonchev–Trinajstić information content (AvgIpc) is 3.13. The second-order valence-electron chi connectivity index (χ2n) is 7.05. The molecule has 0 bridgehead atoms. The van der Waals surface area contributed by atoms with E-state index in [0.29, 0.717) is 16.5 Å². The van der Waals surface area contributed by atoms with E-state index in [-0.39, 0.29) is 43.3 Å². The molecule has 4 aromatic rings. The molecule has 166 valence electrons. The summed E-state index contributed by atoms with van der Waals surface area (Å²) in [6, 6.07) is 8.73. The van der Waals surface area contributed by atoms with E-state index in [4.69, 9.17) is 21.4 Å². The molecule has 0 saturated heterocycles. The molecule has 0 amide bonds. The van der Waals surface area contributed by atoms with E-state index in [2.05, 4.69) is 9.97 Å². The van der Waals surface area contributed by atoms with E-state index < -0.39 is 17.1 Å². The average molecular weight is 460 g/mol. The van der Waals surface area contributed by atoms with Crippen molar-refractivity contribution in [2.45, 2.75) is 19.5 Å². The Hall–Kier alpha value is -3.50. The summed E-state index contributed by atoms with van der Waals surface area (Å²) in [5, 5.41) is 9.60. The molecule has 0 aliphatic carbocycles. The molecule has 3 heterocycles. The van der Waals surface area contributed by atoms with Crippen LogP contribution in [0.3, 0.4) is 0 Å². The number of hydrogen-bond acceptors (Lipinski definition) is 6. The number of pyridine rings is 1. The third kappa shape index (κ3) is 4.14. The summed E-state index contributed by atoms with van der Waals surface area (Å²) in [4.78, 5) is 34.6. The van der Waals surface area contributed by atoms with Gasteiger partial charge in [-0.2, -0.15) is 4.98 Å². The molecule has 1 aromatic carbocycles. The molecule has 4 rings (SSSR count). The Balaban J connectivity index is 1.92. The van der Waals surface area contributed by atoms with Crippen molar-refractivity contribution in [2.24, 2.45) is 7.05 Å². The SMILES string of the molecule is Cn1c(=O)n(CCCO)c(=O)c2c1nc(Oc1ccc(F)cc1)n2Cc1ccc(Cl)cn1. The summed E-state index contributed by atoms with van der Waals surface area (Å²) in [6.45, 7) is -0.00533. The molecule has 32 heavy (non-hydrogen) atoms. The highest BCUT2D eigenvalue weighted by Crippen LogP contribution is 2.25. The first-order chi connectivity index (χ1) is 15.4. The molecule has 11 heteroatoms. The molecule has 1 N–H and O–H groups in total. The lowest BCUT2D eigenvalue weighted by molar-refractivity contribution is 0.277. The lowest BCUT2D eigenvalue weighted by Crippen LogP contribution is -2.39. The minimum absolute atomic E-state index is 0.0374. The summed E-state index contributed by atoms with van der Waals surface area (Å²) >= 11 is 5.92. The van der Waals surface area contributed by atoms with Crippen LogP contribution in [0.25, 0.3) is 11.2 Å². The minimum Gasteiger partial charge on any atom is -0.425 e. The van der Waals surface area contributed by atoms with Crippen LogP contribution in [0.4, 0.5) is 4.39 Å². The maximum Gasteiger partial charge on any atom is 0.332 e. The molecule has 0 spiro atoms. The zero-order valence-corrected chi connectivity index (χ0v) is 17.8. The van der Waals surface area contributed by atoms with Gasteiger partial charge in [0.05, 0.1) is 17.3 Å². The van der Waals surface area contributed by atoms with E-state index in [1.54, 1.807) is 12.1 Å². The van der Waals surface area contributed by atoms with Crippen LogP contribution in [-0.2, 0) is 20.1 Å². The Bertz CT molecular complexity index is 1380. The van der Waals surface area contributed by atoms with Gasteiger partial charge in [-0.25, -0.2) is 9.18 Å². The monoisotopic (exact) mass is 459 g/mol. The van der Waals surface area contributed by atoms with E-state index >= 15 is 0 Å². The number of aliphatic hydroxyl groups excluding tert-OH is 1. The Kier molecular flexibility index (Phi) is 6.06. The lowest BCUT2D eigenvalue weighted by Gasteiger charge is -2.11. The summed E-state index contributed by atoms with van der Waals surface area (Å²) in [7, 11) is 1.50. The van der Waals surface area contributed by atoms with Crippen molar-refractivity contribution in [1.82, 2.24) is 23.7 Å². The van der Waals surface area contributed by atoms with Gasteiger partial charge in [0.2, 0.25) is 0 Å². The van der Waals surface area contributed by atoms with Gasteiger partial charge in [-0.05, 0) is 42.8 Å². The maximum absolute atomic E-state index is 13.3. The van der Waals surface area contributed by atoms with Crippen molar-refractivity contribution in [3.05, 3.63) is 80.0 Å². The van der Waals surface area contributed by atoms with Gasteiger partial charge < -0.3 is 9.84 Å². The second kappa shape index (κ2) is 8.93. The molecular weight excluding hydrogens is 441 g/mol. The summed E-state index contributed by atoms with van der Waals surface area (Å²) in [5.41, 5.74) is -0.274. The first-order valence-electron chi connectivity index (χ1n) is 9.74. The van der Waals surface area contributed by atoms with Crippen LogP contribution >= 0.6 is 11.6 Å². The number of halogens is 2. The van der Waals surface area contributed by atoms with Crippen molar-refractivity contribution in [2.75, 3.05) is 6.61 Å². The summed E-state index contributed by atoms with van der Waals surface area (Å²) < 4.78 is 22.9. The second-order valence-corrected chi connectivity index (χ2v) is 7.49. The highest BCUT2D eigenvalue weighted by molar-refractivity contribution is 6.30. The van der Waals surface area contributed by atoms with Gasteiger partial charge in [0.25, 0.3) is 5.56 Å². The number of rotatable bonds is 7. The number of hydrogen-bond donors (Lipinski definition) is 1. The van der Waals surface area contributed by atoms with Gasteiger partial charge in [-0.15, -0.1) is 0 Å². The van der Waals surface area contributed by atoms with Crippen molar-refractivity contribution >= 4 is 22.8 Å². The van der Waals surface area contributed by atoms with Crippen LogP contribution < -0.4 is 16.0 Å². The molecule has 0 aliphatic heterocycles. The first kappa shape index (κ1) is 21.7. The fourth-order valence-corrected chi connectivity index (χ4v) is 3.38. The van der Waals surface area contributed by atoms with Crippen LogP contribution in [0, 0.1) is 5.82 Å². The van der Waals surface area contributed by atoms with Crippen LogP contribution in [0.1, 0.15) is 12.1 Å². The molecule has 0 fully saturated rings. The van der Waals surface area contributed by atoms with E-state index in [0.717, 1.165) is 4.57 Å². The van der Waals surface area contributed by atoms with Crippen molar-refractivity contribution in [3.8, 4) is 11.8 Å². The maximum atomic E-state index is 13.3. The number of fused-ring (bicyclic) bond motifs is 1. The normalized spacial score (nSPS) is 11.2. The molecule has 0 aliphatic rings. The topological polar surface area (TPSA) is 104 Å². The van der Waals surface area contributed by atoms with Gasteiger partial charge in [0.15, 0.2) is 11.2 Å². The number of aryl methyl sites for hydroxylation is 1. The Morgan fingerprint density at radius 2 is 1.88 bits per heavy atom. The fraction of sp³-hybridized carbons (Fsp3) is 0.238. The van der Waals surface area contributed by atoms with Gasteiger partial charge in [0.1, 0.15) is 11.6 Å². The van der Waals surface area contributed by atoms with Crippen molar-refractivity contribution in [1.29, 1.82) is 0 Å². The number of ether oxygens (including phenoxy) is 1. The zero-order chi connectivity index (χ0) is 22.8. The predicted molar refractivity (Wildman–Crippen MR) is 116 cm³/mol. The molecule has 0 atom stereocenters. The van der Waals surface area contributed by atoms with Crippen molar-refractivity contribution in [3.63, 3.8) is 0 Å². The third-order valence-electron chi connectivity index (χ3n) is 4.87. The largest absolute Gasteiger partial charge is 0.425 e. The number of aromatic nitrogens is 5. The zero-order valence-electron chi connectivity index (χ0n) is 17.0. The summed E-state index contributed by atoms with van der Waals surface area (Å²) in [6.07, 6.45) is 1.72. The van der Waals surface area contributed by atoms with Gasteiger partial charge in [0, 0.05) is 26.4 Å². The van der Waals surface area contributed by atoms with E-state index in [9.17, 15) is 14.0 Å². The first-order valence-corrected chi connectivity index (χ1v) is 10.1. The lowest BCUT2D eigenvalue weighted by atomic mass is 10.3. The van der Waals surface area contributed by atoms with Gasteiger partial charge >= 0.3 is 11.7 Å². The van der Waals surface area contributed by atoms with Crippen LogP contribution in [-0.4, -0.2) is 35.4 Å². The number of aliphatic hydroxyl groups is 1. The summed E-state index contributed by atoms with van der Waals surface area (Å²) in [5.74, 6) is -0.122. The van der Waals surface area contributed by atoms with Crippen LogP contribution in [0.2, 0.25) is 5.02 Å². The molecule has 9 nitrogen and oxygen atoms in total. The number of imidazole rings is 1. The molecule has 0 saturated carbocycles.